The largest absolute Gasteiger partial charge is 0.462 e. The number of sulfonamides is 1. The summed E-state index contributed by atoms with van der Waals surface area (Å²) in [6.07, 6.45) is 0. The Morgan fingerprint density at radius 3 is 2.19 bits per heavy atom. The smallest absolute Gasteiger partial charge is 0.342 e. The van der Waals surface area contributed by atoms with E-state index in [2.05, 4.69) is 0 Å². The number of ether oxygens (including phenoxy) is 1. The lowest BCUT2D eigenvalue weighted by Gasteiger charge is -2.24. The Morgan fingerprint density at radius 1 is 0.857 bits per heavy atom. The Balaban J connectivity index is 1.77. The highest BCUT2D eigenvalue weighted by molar-refractivity contribution is 7.93. The minimum absolute atomic E-state index is 0.00389. The zero-order valence-electron chi connectivity index (χ0n) is 23.5. The van der Waals surface area contributed by atoms with E-state index >= 15 is 0 Å². The molecule has 0 unspecified atom stereocenters. The average Bonchev–Trinajstić information content (AvgIpc) is 3.35. The topological polar surface area (TPSA) is 93.9 Å². The van der Waals surface area contributed by atoms with Crippen molar-refractivity contribution in [3.05, 3.63) is 118 Å². The monoisotopic (exact) mass is 601 g/mol. The van der Waals surface area contributed by atoms with Crippen molar-refractivity contribution in [2.75, 3.05) is 10.9 Å². The van der Waals surface area contributed by atoms with E-state index in [-0.39, 0.29) is 34.1 Å². The van der Waals surface area contributed by atoms with Crippen LogP contribution in [0.5, 0.6) is 0 Å². The first-order chi connectivity index (χ1) is 20.0. The van der Waals surface area contributed by atoms with Gasteiger partial charge < -0.3 is 9.15 Å². The van der Waals surface area contributed by atoms with Gasteiger partial charge in [-0.1, -0.05) is 48.0 Å². The van der Waals surface area contributed by atoms with Crippen LogP contribution in [0, 0.1) is 20.8 Å². The molecule has 0 fully saturated rings. The molecule has 1 amide bonds. The molecular formula is C33H28ClNO6S. The molecule has 5 aromatic rings. The third kappa shape index (κ3) is 5.31. The van der Waals surface area contributed by atoms with Crippen molar-refractivity contribution in [1.82, 2.24) is 0 Å². The number of aryl methyl sites for hydroxylation is 3. The predicted octanol–water partition coefficient (Wildman–Crippen LogP) is 7.89. The third-order valence-electron chi connectivity index (χ3n) is 7.01. The number of hydrogen-bond donors (Lipinski definition) is 0. The number of furan rings is 1. The molecular weight excluding hydrogens is 574 g/mol. The Hall–Kier alpha value is -4.40. The molecule has 9 heteroatoms. The second-order valence-electron chi connectivity index (χ2n) is 9.86. The highest BCUT2D eigenvalue weighted by atomic mass is 35.5. The van der Waals surface area contributed by atoms with Crippen LogP contribution in [0.15, 0.2) is 94.2 Å². The molecule has 1 heterocycles. The van der Waals surface area contributed by atoms with E-state index in [1.54, 1.807) is 44.2 Å². The quantitative estimate of drug-likeness (QED) is 0.176. The second kappa shape index (κ2) is 11.5. The van der Waals surface area contributed by atoms with Gasteiger partial charge in [0.25, 0.3) is 15.9 Å². The van der Waals surface area contributed by atoms with Crippen LogP contribution in [0.25, 0.3) is 22.3 Å². The van der Waals surface area contributed by atoms with Gasteiger partial charge in [-0.15, -0.1) is 0 Å². The number of carbonyl (C=O) groups is 2. The normalized spacial score (nSPS) is 11.5. The first kappa shape index (κ1) is 29.1. The van der Waals surface area contributed by atoms with Gasteiger partial charge in [-0.2, -0.15) is 4.31 Å². The molecule has 0 N–H and O–H groups in total. The van der Waals surface area contributed by atoms with E-state index in [1.165, 1.54) is 36.4 Å². The highest BCUT2D eigenvalue weighted by Gasteiger charge is 2.34. The van der Waals surface area contributed by atoms with E-state index in [0.717, 1.165) is 15.4 Å². The molecule has 1 aromatic heterocycles. The van der Waals surface area contributed by atoms with E-state index in [9.17, 15) is 18.0 Å². The summed E-state index contributed by atoms with van der Waals surface area (Å²) in [5.74, 6) is -1.13. The van der Waals surface area contributed by atoms with Crippen LogP contribution in [-0.4, -0.2) is 26.9 Å². The van der Waals surface area contributed by atoms with E-state index in [4.69, 9.17) is 20.8 Å². The van der Waals surface area contributed by atoms with Crippen LogP contribution in [0.2, 0.25) is 5.02 Å². The lowest BCUT2D eigenvalue weighted by molar-refractivity contribution is 0.0528. The summed E-state index contributed by atoms with van der Waals surface area (Å²) in [6, 6.07) is 22.9. The molecule has 0 saturated carbocycles. The number of esters is 1. The standard InChI is InChI=1S/C33H28ClNO6S/c1-5-40-33(37)30-27-19-26(15-16-28(27)41-31(30)23-9-7-6-8-10-23)35(32(36)24-11-13-25(34)14-12-24)42(38,39)29-18-21(3)20(2)17-22(29)4/h6-19H,5H2,1-4H3. The van der Waals surface area contributed by atoms with Gasteiger partial charge in [0.1, 0.15) is 16.9 Å². The molecule has 7 nitrogen and oxygen atoms in total. The van der Waals surface area contributed by atoms with Gasteiger partial charge in [0.05, 0.1) is 17.2 Å². The van der Waals surface area contributed by atoms with Crippen molar-refractivity contribution < 1.29 is 27.2 Å². The summed E-state index contributed by atoms with van der Waals surface area (Å²) in [4.78, 5) is 27.2. The van der Waals surface area contributed by atoms with E-state index in [1.807, 2.05) is 32.0 Å². The maximum Gasteiger partial charge on any atom is 0.342 e. The Labute approximate surface area is 249 Å². The van der Waals surface area contributed by atoms with Crippen LogP contribution in [0.1, 0.15) is 44.3 Å². The van der Waals surface area contributed by atoms with Gasteiger partial charge in [-0.25, -0.2) is 13.2 Å². The number of amides is 1. The highest BCUT2D eigenvalue weighted by Crippen LogP contribution is 2.38. The number of rotatable bonds is 7. The molecule has 0 aliphatic heterocycles. The summed E-state index contributed by atoms with van der Waals surface area (Å²) in [5.41, 5.74) is 3.45. The maximum atomic E-state index is 14.3. The minimum atomic E-state index is -4.43. The molecule has 0 aliphatic carbocycles. The number of benzene rings is 4. The maximum absolute atomic E-state index is 14.3. The molecule has 0 atom stereocenters. The molecule has 0 bridgehead atoms. The number of nitrogens with zero attached hydrogens (tertiary/aromatic N) is 1. The molecule has 5 rings (SSSR count). The molecule has 0 spiro atoms. The van der Waals surface area contributed by atoms with Crippen molar-refractivity contribution in [3.8, 4) is 11.3 Å². The number of hydrogen-bond acceptors (Lipinski definition) is 6. The van der Waals surface area contributed by atoms with Gasteiger partial charge in [0, 0.05) is 21.5 Å². The summed E-state index contributed by atoms with van der Waals surface area (Å²) < 4.78 is 40.9. The Bertz CT molecular complexity index is 1930. The van der Waals surface area contributed by atoms with Gasteiger partial charge >= 0.3 is 5.97 Å². The van der Waals surface area contributed by atoms with Gasteiger partial charge in [-0.05, 0) is 92.9 Å². The summed E-state index contributed by atoms with van der Waals surface area (Å²) in [6.45, 7) is 7.21. The first-order valence-corrected chi connectivity index (χ1v) is 15.1. The molecule has 42 heavy (non-hydrogen) atoms. The fourth-order valence-electron chi connectivity index (χ4n) is 4.80. The van der Waals surface area contributed by atoms with Crippen LogP contribution < -0.4 is 4.31 Å². The van der Waals surface area contributed by atoms with Crippen molar-refractivity contribution >= 4 is 50.2 Å². The fourth-order valence-corrected chi connectivity index (χ4v) is 6.62. The molecule has 0 saturated heterocycles. The van der Waals surface area contributed by atoms with E-state index in [0.29, 0.717) is 27.1 Å². The minimum Gasteiger partial charge on any atom is -0.462 e. The fraction of sp³-hybridized carbons (Fsp3) is 0.152. The van der Waals surface area contributed by atoms with Gasteiger partial charge in [-0.3, -0.25) is 4.79 Å². The second-order valence-corrected chi connectivity index (χ2v) is 12.0. The average molecular weight is 602 g/mol. The number of carbonyl (C=O) groups excluding carboxylic acids is 2. The zero-order chi connectivity index (χ0) is 30.2. The molecule has 0 aliphatic rings. The van der Waals surface area contributed by atoms with Gasteiger partial charge in [0.15, 0.2) is 0 Å². The zero-order valence-corrected chi connectivity index (χ0v) is 25.0. The SMILES string of the molecule is CCOC(=O)c1c(-c2ccccc2)oc2ccc(N(C(=O)c3ccc(Cl)cc3)S(=O)(=O)c3cc(C)c(C)cc3C)cc12. The van der Waals surface area contributed by atoms with Crippen molar-refractivity contribution in [2.24, 2.45) is 0 Å². The summed E-state index contributed by atoms with van der Waals surface area (Å²) >= 11 is 6.05. The lowest BCUT2D eigenvalue weighted by atomic mass is 10.1. The Kier molecular flexibility index (Phi) is 7.95. The molecule has 0 radical (unpaired) electrons. The van der Waals surface area contributed by atoms with E-state index < -0.39 is 21.9 Å². The van der Waals surface area contributed by atoms with Crippen molar-refractivity contribution in [3.63, 3.8) is 0 Å². The van der Waals surface area contributed by atoms with Crippen LogP contribution in [0.4, 0.5) is 5.69 Å². The van der Waals surface area contributed by atoms with Crippen LogP contribution in [-0.2, 0) is 14.8 Å². The summed E-state index contributed by atoms with van der Waals surface area (Å²) in [7, 11) is -4.43. The summed E-state index contributed by atoms with van der Waals surface area (Å²) in [5, 5.41) is 0.712. The van der Waals surface area contributed by atoms with Crippen LogP contribution >= 0.6 is 11.6 Å². The molecule has 214 valence electrons. The Morgan fingerprint density at radius 2 is 1.52 bits per heavy atom. The van der Waals surface area contributed by atoms with Crippen molar-refractivity contribution in [2.45, 2.75) is 32.6 Å². The first-order valence-electron chi connectivity index (χ1n) is 13.2. The van der Waals surface area contributed by atoms with Crippen molar-refractivity contribution in [1.29, 1.82) is 0 Å². The van der Waals surface area contributed by atoms with Crippen LogP contribution in [0.3, 0.4) is 0 Å². The third-order valence-corrected chi connectivity index (χ3v) is 9.11. The number of halogens is 1. The lowest BCUT2D eigenvalue weighted by Crippen LogP contribution is -2.37. The number of fused-ring (bicyclic) bond motifs is 1. The predicted molar refractivity (Wildman–Crippen MR) is 164 cm³/mol. The molecule has 4 aromatic carbocycles. The van der Waals surface area contributed by atoms with Gasteiger partial charge in [0.2, 0.25) is 0 Å². The number of anilines is 1.